The number of thiophene rings is 1. The van der Waals surface area contributed by atoms with Crippen LogP contribution in [-0.2, 0) is 0 Å². The third kappa shape index (κ3) is 4.14. The van der Waals surface area contributed by atoms with Gasteiger partial charge in [0.25, 0.3) is 11.8 Å². The van der Waals surface area contributed by atoms with Gasteiger partial charge in [0, 0.05) is 10.9 Å². The fourth-order valence-corrected chi connectivity index (χ4v) is 4.32. The number of nitrogens with one attached hydrogen (secondary N) is 2. The molecule has 152 valence electrons. The Bertz CT molecular complexity index is 1230. The fourth-order valence-electron chi connectivity index (χ4n) is 2.65. The molecule has 0 bridgehead atoms. The van der Waals surface area contributed by atoms with E-state index in [4.69, 9.17) is 4.42 Å². The minimum atomic E-state index is -0.606. The molecule has 0 aliphatic heterocycles. The molecule has 0 atom stereocenters. The molecule has 0 aliphatic rings. The van der Waals surface area contributed by atoms with E-state index in [1.165, 1.54) is 17.7 Å². The van der Waals surface area contributed by atoms with E-state index in [1.807, 2.05) is 0 Å². The van der Waals surface area contributed by atoms with Crippen molar-refractivity contribution < 1.29 is 22.8 Å². The van der Waals surface area contributed by atoms with Gasteiger partial charge in [0.1, 0.15) is 11.6 Å². The number of hydrogen-bond acceptors (Lipinski definition) is 6. The molecule has 4 rings (SSSR count). The number of furan rings is 1. The van der Waals surface area contributed by atoms with Crippen LogP contribution in [0.25, 0.3) is 11.3 Å². The fraction of sp³-hybridized carbons (Fsp3) is 0.0500. The van der Waals surface area contributed by atoms with Gasteiger partial charge in [-0.25, -0.2) is 13.8 Å². The third-order valence-electron chi connectivity index (χ3n) is 4.03. The highest BCUT2D eigenvalue weighted by atomic mass is 32.1. The molecule has 0 fully saturated rings. The van der Waals surface area contributed by atoms with Crippen LogP contribution in [0.1, 0.15) is 25.8 Å². The average molecular weight is 445 g/mol. The van der Waals surface area contributed by atoms with Crippen LogP contribution < -0.4 is 10.6 Å². The number of carbonyl (C=O) groups is 2. The number of anilines is 2. The van der Waals surface area contributed by atoms with Gasteiger partial charge in [-0.1, -0.05) is 0 Å². The van der Waals surface area contributed by atoms with Gasteiger partial charge in [-0.2, -0.15) is 0 Å². The van der Waals surface area contributed by atoms with E-state index >= 15 is 0 Å². The number of nitrogens with zero attached hydrogens (tertiary/aromatic N) is 1. The van der Waals surface area contributed by atoms with Crippen LogP contribution in [0.2, 0.25) is 0 Å². The molecular formula is C20H13F2N3O3S2. The van der Waals surface area contributed by atoms with Gasteiger partial charge in [-0.3, -0.25) is 14.9 Å². The lowest BCUT2D eigenvalue weighted by Gasteiger charge is -2.01. The van der Waals surface area contributed by atoms with E-state index in [9.17, 15) is 18.4 Å². The molecule has 0 aliphatic carbocycles. The van der Waals surface area contributed by atoms with Crippen LogP contribution in [-0.4, -0.2) is 16.8 Å². The molecule has 3 aromatic heterocycles. The van der Waals surface area contributed by atoms with Gasteiger partial charge in [-0.15, -0.1) is 22.7 Å². The second-order valence-electron chi connectivity index (χ2n) is 6.17. The summed E-state index contributed by atoms with van der Waals surface area (Å²) in [5.74, 6) is -1.87. The summed E-state index contributed by atoms with van der Waals surface area (Å²) in [4.78, 5) is 29.3. The number of thiazole rings is 1. The first kappa shape index (κ1) is 19.9. The van der Waals surface area contributed by atoms with E-state index in [-0.39, 0.29) is 22.1 Å². The predicted octanol–water partition coefficient (Wildman–Crippen LogP) is 5.56. The maximum absolute atomic E-state index is 13.9. The molecule has 4 aromatic rings. The van der Waals surface area contributed by atoms with Crippen molar-refractivity contribution in [2.45, 2.75) is 6.92 Å². The van der Waals surface area contributed by atoms with Crippen molar-refractivity contribution in [1.82, 2.24) is 4.98 Å². The van der Waals surface area contributed by atoms with Crippen LogP contribution >= 0.6 is 22.7 Å². The smallest absolute Gasteiger partial charge is 0.291 e. The molecule has 1 aromatic carbocycles. The maximum Gasteiger partial charge on any atom is 0.291 e. The topological polar surface area (TPSA) is 84.2 Å². The van der Waals surface area contributed by atoms with Crippen molar-refractivity contribution in [2.24, 2.45) is 0 Å². The molecule has 0 radical (unpaired) electrons. The molecule has 2 amide bonds. The van der Waals surface area contributed by atoms with Crippen LogP contribution in [0.15, 0.2) is 52.5 Å². The Balaban J connectivity index is 1.48. The van der Waals surface area contributed by atoms with E-state index in [1.54, 1.807) is 19.1 Å². The minimum absolute atomic E-state index is 0.0157. The number of hydrogen-bond donors (Lipinski definition) is 2. The Hall–Kier alpha value is -3.37. The molecule has 2 N–H and O–H groups in total. The summed E-state index contributed by atoms with van der Waals surface area (Å²) in [5, 5.41) is 7.59. The first-order valence-electron chi connectivity index (χ1n) is 8.58. The van der Waals surface area contributed by atoms with Crippen LogP contribution in [0.3, 0.4) is 0 Å². The second-order valence-corrected chi connectivity index (χ2v) is 8.08. The first-order chi connectivity index (χ1) is 14.4. The Labute approximate surface area is 177 Å². The lowest BCUT2D eigenvalue weighted by molar-refractivity contribution is 0.0995. The van der Waals surface area contributed by atoms with Gasteiger partial charge in [-0.05, 0) is 48.9 Å². The Morgan fingerprint density at radius 2 is 1.93 bits per heavy atom. The van der Waals surface area contributed by atoms with Crippen molar-refractivity contribution in [3.63, 3.8) is 0 Å². The van der Waals surface area contributed by atoms with Gasteiger partial charge in [0.05, 0.1) is 21.8 Å². The number of carbonyl (C=O) groups excluding carboxylic acids is 2. The molecule has 30 heavy (non-hydrogen) atoms. The molecule has 6 nitrogen and oxygen atoms in total. The number of aryl methyl sites for hydroxylation is 1. The van der Waals surface area contributed by atoms with Crippen molar-refractivity contribution in [3.05, 3.63) is 75.9 Å². The quantitative estimate of drug-likeness (QED) is 0.422. The summed E-state index contributed by atoms with van der Waals surface area (Å²) in [6, 6.07) is 7.91. The molecule has 0 saturated heterocycles. The SMILES string of the molecule is Cc1cc(NC(=O)c2ccco2)sc1C(=O)Nc1nc(-c2cc(F)ccc2F)cs1. The maximum atomic E-state index is 13.9. The molecule has 10 heteroatoms. The van der Waals surface area contributed by atoms with E-state index in [0.717, 1.165) is 40.9 Å². The minimum Gasteiger partial charge on any atom is -0.459 e. The van der Waals surface area contributed by atoms with E-state index in [0.29, 0.717) is 15.4 Å². The summed E-state index contributed by atoms with van der Waals surface area (Å²) >= 11 is 2.20. The first-order valence-corrected chi connectivity index (χ1v) is 10.3. The van der Waals surface area contributed by atoms with Gasteiger partial charge < -0.3 is 9.73 Å². The van der Waals surface area contributed by atoms with Crippen LogP contribution in [0.4, 0.5) is 18.9 Å². The summed E-state index contributed by atoms with van der Waals surface area (Å²) < 4.78 is 32.4. The second kappa shape index (κ2) is 8.17. The number of halogens is 2. The monoisotopic (exact) mass is 445 g/mol. The Morgan fingerprint density at radius 1 is 1.10 bits per heavy atom. The summed E-state index contributed by atoms with van der Waals surface area (Å²) in [5.41, 5.74) is 0.906. The summed E-state index contributed by atoms with van der Waals surface area (Å²) in [7, 11) is 0. The Morgan fingerprint density at radius 3 is 2.70 bits per heavy atom. The van der Waals surface area contributed by atoms with Gasteiger partial charge in [0.2, 0.25) is 0 Å². The van der Waals surface area contributed by atoms with Crippen LogP contribution in [0.5, 0.6) is 0 Å². The lowest BCUT2D eigenvalue weighted by atomic mass is 10.1. The van der Waals surface area contributed by atoms with Crippen molar-refractivity contribution in [1.29, 1.82) is 0 Å². The summed E-state index contributed by atoms with van der Waals surface area (Å²) in [6.07, 6.45) is 1.39. The van der Waals surface area contributed by atoms with E-state index in [2.05, 4.69) is 15.6 Å². The Kier molecular flexibility index (Phi) is 5.42. The molecule has 0 saturated carbocycles. The molecular weight excluding hydrogens is 432 g/mol. The highest BCUT2D eigenvalue weighted by molar-refractivity contribution is 7.18. The van der Waals surface area contributed by atoms with Gasteiger partial charge >= 0.3 is 0 Å². The zero-order valence-corrected chi connectivity index (χ0v) is 17.0. The molecule has 0 unspecified atom stereocenters. The molecule has 0 spiro atoms. The molecule has 3 heterocycles. The summed E-state index contributed by atoms with van der Waals surface area (Å²) in [6.45, 7) is 1.74. The number of rotatable bonds is 5. The zero-order chi connectivity index (χ0) is 21.3. The average Bonchev–Trinajstić information content (AvgIpc) is 3.45. The zero-order valence-electron chi connectivity index (χ0n) is 15.4. The number of aromatic nitrogens is 1. The number of benzene rings is 1. The largest absolute Gasteiger partial charge is 0.459 e. The van der Waals surface area contributed by atoms with Crippen molar-refractivity contribution in [2.75, 3.05) is 10.6 Å². The lowest BCUT2D eigenvalue weighted by Crippen LogP contribution is -2.11. The van der Waals surface area contributed by atoms with Crippen molar-refractivity contribution >= 4 is 44.6 Å². The standard InChI is InChI=1S/C20H13F2N3O3S2/c1-10-7-16(24-18(26)15-3-2-6-28-15)30-17(10)19(27)25-20-23-14(9-29-20)12-8-11(21)4-5-13(12)22/h2-9H,1H3,(H,24,26)(H,23,25,27). The van der Waals surface area contributed by atoms with Crippen LogP contribution in [0, 0.1) is 18.6 Å². The number of amides is 2. The van der Waals surface area contributed by atoms with E-state index < -0.39 is 23.4 Å². The normalized spacial score (nSPS) is 10.8. The predicted molar refractivity (Wildman–Crippen MR) is 111 cm³/mol. The highest BCUT2D eigenvalue weighted by Crippen LogP contribution is 2.30. The highest BCUT2D eigenvalue weighted by Gasteiger charge is 2.18. The van der Waals surface area contributed by atoms with Crippen molar-refractivity contribution in [3.8, 4) is 11.3 Å². The van der Waals surface area contributed by atoms with Gasteiger partial charge in [0.15, 0.2) is 10.9 Å². The third-order valence-corrected chi connectivity index (χ3v) is 5.94.